The van der Waals surface area contributed by atoms with Crippen LogP contribution < -0.4 is 0 Å². The molecular weight excluding hydrogens is 192 g/mol. The van der Waals surface area contributed by atoms with Crippen molar-refractivity contribution in [2.75, 3.05) is 0 Å². The lowest BCUT2D eigenvalue weighted by atomic mass is 10.1. The van der Waals surface area contributed by atoms with Crippen molar-refractivity contribution in [1.29, 1.82) is 0 Å². The maximum absolute atomic E-state index is 9.17. The van der Waals surface area contributed by atoms with E-state index in [-0.39, 0.29) is 0 Å². The molecule has 76 valence electrons. The van der Waals surface area contributed by atoms with E-state index in [1.165, 1.54) is 30.6 Å². The van der Waals surface area contributed by atoms with Gasteiger partial charge in [-0.1, -0.05) is 19.8 Å². The van der Waals surface area contributed by atoms with Crippen LogP contribution in [-0.2, 0) is 0 Å². The number of thioether (sulfide) groups is 1. The maximum atomic E-state index is 9.17. The Hall–Kier alpha value is -0.630. The number of aromatic hydroxyl groups is 1. The quantitative estimate of drug-likeness (QED) is 0.797. The monoisotopic (exact) mass is 208 g/mol. The summed E-state index contributed by atoms with van der Waals surface area (Å²) in [6.07, 6.45) is 5.36. The Bertz CT molecular complexity index is 299. The first-order valence-electron chi connectivity index (χ1n) is 5.16. The van der Waals surface area contributed by atoms with Gasteiger partial charge in [0.25, 0.3) is 0 Å². The zero-order valence-electron chi connectivity index (χ0n) is 8.49. The minimum atomic E-state index is 0.353. The van der Waals surface area contributed by atoms with Crippen molar-refractivity contribution >= 4 is 11.8 Å². The number of rotatable bonds is 2. The smallest absolute Gasteiger partial charge is 0.115 e. The molecule has 0 aliphatic heterocycles. The van der Waals surface area contributed by atoms with Gasteiger partial charge in [-0.15, -0.1) is 11.8 Å². The first-order chi connectivity index (χ1) is 6.68. The van der Waals surface area contributed by atoms with Crippen molar-refractivity contribution in [2.45, 2.75) is 42.2 Å². The molecule has 0 spiro atoms. The highest BCUT2D eigenvalue weighted by molar-refractivity contribution is 8.00. The van der Waals surface area contributed by atoms with Gasteiger partial charge < -0.3 is 5.11 Å². The third kappa shape index (κ3) is 2.24. The van der Waals surface area contributed by atoms with Gasteiger partial charge in [-0.2, -0.15) is 0 Å². The van der Waals surface area contributed by atoms with E-state index in [1.807, 2.05) is 23.9 Å². The van der Waals surface area contributed by atoms with E-state index < -0.39 is 0 Å². The van der Waals surface area contributed by atoms with Gasteiger partial charge in [-0.25, -0.2) is 0 Å². The molecule has 14 heavy (non-hydrogen) atoms. The van der Waals surface area contributed by atoms with Crippen LogP contribution in [0.25, 0.3) is 0 Å². The van der Waals surface area contributed by atoms with Crippen molar-refractivity contribution in [3.05, 3.63) is 24.3 Å². The van der Waals surface area contributed by atoms with Gasteiger partial charge in [0.2, 0.25) is 0 Å². The molecule has 0 aromatic heterocycles. The molecule has 1 saturated carbocycles. The predicted octanol–water partition coefficient (Wildman–Crippen LogP) is 3.82. The van der Waals surface area contributed by atoms with E-state index in [1.54, 1.807) is 12.1 Å². The Kier molecular flexibility index (Phi) is 2.73. The van der Waals surface area contributed by atoms with Crippen molar-refractivity contribution in [3.8, 4) is 5.75 Å². The van der Waals surface area contributed by atoms with Crippen LogP contribution >= 0.6 is 11.8 Å². The fourth-order valence-corrected chi connectivity index (χ4v) is 3.36. The summed E-state index contributed by atoms with van der Waals surface area (Å²) in [5, 5.41) is 9.17. The highest BCUT2D eigenvalue weighted by Gasteiger charge is 2.29. The second-order valence-electron chi connectivity index (χ2n) is 4.25. The first kappa shape index (κ1) is 9.91. The zero-order chi connectivity index (χ0) is 10.0. The molecule has 0 unspecified atom stereocenters. The summed E-state index contributed by atoms with van der Waals surface area (Å²) in [4.78, 5) is 1.27. The van der Waals surface area contributed by atoms with E-state index in [2.05, 4.69) is 6.92 Å². The zero-order valence-corrected chi connectivity index (χ0v) is 9.31. The summed E-state index contributed by atoms with van der Waals surface area (Å²) in [5.41, 5.74) is 0. The SMILES string of the molecule is CC1(Sc2ccc(O)cc2)CCCC1. The van der Waals surface area contributed by atoms with Crippen LogP contribution in [-0.4, -0.2) is 9.85 Å². The van der Waals surface area contributed by atoms with Crippen LogP contribution in [0.3, 0.4) is 0 Å². The van der Waals surface area contributed by atoms with Crippen molar-refractivity contribution in [2.24, 2.45) is 0 Å². The third-order valence-corrected chi connectivity index (χ3v) is 4.27. The number of benzene rings is 1. The first-order valence-corrected chi connectivity index (χ1v) is 5.98. The fourth-order valence-electron chi connectivity index (χ4n) is 2.02. The van der Waals surface area contributed by atoms with Gasteiger partial charge in [-0.3, -0.25) is 0 Å². The van der Waals surface area contributed by atoms with Gasteiger partial charge in [0.1, 0.15) is 5.75 Å². The lowest BCUT2D eigenvalue weighted by Gasteiger charge is -2.22. The predicted molar refractivity (Wildman–Crippen MR) is 60.8 cm³/mol. The summed E-state index contributed by atoms with van der Waals surface area (Å²) in [6.45, 7) is 2.34. The van der Waals surface area contributed by atoms with E-state index in [4.69, 9.17) is 0 Å². The number of phenolic OH excluding ortho intramolecular Hbond substituents is 1. The van der Waals surface area contributed by atoms with Crippen LogP contribution in [0.5, 0.6) is 5.75 Å². The highest BCUT2D eigenvalue weighted by atomic mass is 32.2. The molecule has 1 aromatic carbocycles. The molecule has 0 atom stereocenters. The summed E-state index contributed by atoms with van der Waals surface area (Å²) < 4.78 is 0.428. The molecule has 1 aliphatic carbocycles. The van der Waals surface area contributed by atoms with Crippen LogP contribution in [0.1, 0.15) is 32.6 Å². The van der Waals surface area contributed by atoms with Crippen LogP contribution in [0.2, 0.25) is 0 Å². The average Bonchev–Trinajstić information content (AvgIpc) is 2.57. The average molecular weight is 208 g/mol. The van der Waals surface area contributed by atoms with Gasteiger partial charge >= 0.3 is 0 Å². The summed E-state index contributed by atoms with van der Waals surface area (Å²) >= 11 is 1.95. The lowest BCUT2D eigenvalue weighted by molar-refractivity contribution is 0.475. The second-order valence-corrected chi connectivity index (χ2v) is 5.91. The minimum Gasteiger partial charge on any atom is -0.508 e. The summed E-state index contributed by atoms with van der Waals surface area (Å²) in [6, 6.07) is 7.54. The van der Waals surface area contributed by atoms with Crippen LogP contribution in [0.15, 0.2) is 29.2 Å². The van der Waals surface area contributed by atoms with Gasteiger partial charge in [0, 0.05) is 9.64 Å². The van der Waals surface area contributed by atoms with Crippen molar-refractivity contribution in [3.63, 3.8) is 0 Å². The highest BCUT2D eigenvalue weighted by Crippen LogP contribution is 2.44. The largest absolute Gasteiger partial charge is 0.508 e. The molecule has 0 radical (unpaired) electrons. The van der Waals surface area contributed by atoms with Crippen molar-refractivity contribution in [1.82, 2.24) is 0 Å². The Labute approximate surface area is 89.5 Å². The number of phenols is 1. The fraction of sp³-hybridized carbons (Fsp3) is 0.500. The third-order valence-electron chi connectivity index (χ3n) is 2.86. The molecule has 1 nitrogen and oxygen atoms in total. The Morgan fingerprint density at radius 1 is 1.14 bits per heavy atom. The van der Waals surface area contributed by atoms with E-state index >= 15 is 0 Å². The molecule has 0 heterocycles. The van der Waals surface area contributed by atoms with Gasteiger partial charge in [-0.05, 0) is 37.1 Å². The molecule has 0 saturated heterocycles. The molecule has 1 fully saturated rings. The molecule has 1 aromatic rings. The molecular formula is C12H16OS. The number of hydrogen-bond donors (Lipinski definition) is 1. The molecule has 0 bridgehead atoms. The lowest BCUT2D eigenvalue weighted by Crippen LogP contribution is -2.13. The molecule has 1 N–H and O–H groups in total. The van der Waals surface area contributed by atoms with Gasteiger partial charge in [0.15, 0.2) is 0 Å². The molecule has 2 rings (SSSR count). The van der Waals surface area contributed by atoms with Crippen LogP contribution in [0.4, 0.5) is 0 Å². The molecule has 0 amide bonds. The number of hydrogen-bond acceptors (Lipinski definition) is 2. The summed E-state index contributed by atoms with van der Waals surface area (Å²) in [5.74, 6) is 0.353. The Morgan fingerprint density at radius 2 is 1.71 bits per heavy atom. The Morgan fingerprint density at radius 3 is 2.29 bits per heavy atom. The van der Waals surface area contributed by atoms with E-state index in [0.29, 0.717) is 10.5 Å². The minimum absolute atomic E-state index is 0.353. The maximum Gasteiger partial charge on any atom is 0.115 e. The molecule has 1 aliphatic rings. The van der Waals surface area contributed by atoms with Crippen molar-refractivity contribution < 1.29 is 5.11 Å². The molecule has 2 heteroatoms. The second kappa shape index (κ2) is 3.85. The van der Waals surface area contributed by atoms with Gasteiger partial charge in [0.05, 0.1) is 0 Å². The van der Waals surface area contributed by atoms with E-state index in [0.717, 1.165) is 0 Å². The Balaban J connectivity index is 2.06. The van der Waals surface area contributed by atoms with E-state index in [9.17, 15) is 5.11 Å². The summed E-state index contributed by atoms with van der Waals surface area (Å²) in [7, 11) is 0. The standard InChI is InChI=1S/C12H16OS/c1-12(8-2-3-9-12)14-11-6-4-10(13)5-7-11/h4-7,13H,2-3,8-9H2,1H3. The van der Waals surface area contributed by atoms with Crippen LogP contribution in [0, 0.1) is 0 Å². The normalized spacial score (nSPS) is 19.8. The topological polar surface area (TPSA) is 20.2 Å².